The van der Waals surface area contributed by atoms with E-state index in [0.717, 1.165) is 22.0 Å². The Hall–Kier alpha value is -2.47. The Morgan fingerprint density at radius 2 is 2.10 bits per heavy atom. The van der Waals surface area contributed by atoms with Gasteiger partial charge in [-0.3, -0.25) is 0 Å². The highest BCUT2D eigenvalue weighted by Gasteiger charge is 2.04. The minimum Gasteiger partial charge on any atom is -0.384 e. The van der Waals surface area contributed by atoms with Crippen LogP contribution in [0.5, 0.6) is 0 Å². The van der Waals surface area contributed by atoms with Crippen molar-refractivity contribution in [1.82, 2.24) is 15.0 Å². The van der Waals surface area contributed by atoms with E-state index >= 15 is 0 Å². The summed E-state index contributed by atoms with van der Waals surface area (Å²) in [5.74, 6) is 1.11. The van der Waals surface area contributed by atoms with E-state index in [4.69, 9.17) is 5.73 Å². The highest BCUT2D eigenvalue weighted by atomic mass is 32.1. The third-order valence-electron chi connectivity index (χ3n) is 2.74. The summed E-state index contributed by atoms with van der Waals surface area (Å²) in [7, 11) is 0. The zero-order chi connectivity index (χ0) is 13.9. The van der Waals surface area contributed by atoms with E-state index in [0.29, 0.717) is 11.6 Å². The lowest BCUT2D eigenvalue weighted by Crippen LogP contribution is -1.97. The van der Waals surface area contributed by atoms with Crippen LogP contribution in [0.3, 0.4) is 0 Å². The molecule has 0 radical (unpaired) electrons. The molecule has 0 saturated carbocycles. The van der Waals surface area contributed by atoms with Crippen molar-refractivity contribution in [1.29, 1.82) is 0 Å². The molecule has 0 amide bonds. The normalized spacial score (nSPS) is 10.4. The molecule has 3 rings (SSSR count). The molecule has 100 valence electrons. The molecular formula is C14H13N5S. The van der Waals surface area contributed by atoms with Gasteiger partial charge in [0.2, 0.25) is 0 Å². The zero-order valence-corrected chi connectivity index (χ0v) is 11.7. The van der Waals surface area contributed by atoms with E-state index in [1.54, 1.807) is 17.4 Å². The summed E-state index contributed by atoms with van der Waals surface area (Å²) in [4.78, 5) is 12.5. The smallest absolute Gasteiger partial charge is 0.135 e. The molecule has 2 aromatic heterocycles. The van der Waals surface area contributed by atoms with E-state index in [2.05, 4.69) is 25.6 Å². The monoisotopic (exact) mass is 283 g/mol. The van der Waals surface area contributed by atoms with Gasteiger partial charge in [0.15, 0.2) is 0 Å². The lowest BCUT2D eigenvalue weighted by molar-refractivity contribution is 1.18. The molecule has 1 aromatic carbocycles. The number of aryl methyl sites for hydroxylation is 1. The molecule has 0 aliphatic rings. The summed E-state index contributed by atoms with van der Waals surface area (Å²) in [5, 5.41) is 6.32. The Kier molecular flexibility index (Phi) is 3.30. The van der Waals surface area contributed by atoms with Gasteiger partial charge in [-0.15, -0.1) is 11.3 Å². The van der Waals surface area contributed by atoms with Gasteiger partial charge in [0, 0.05) is 22.7 Å². The Labute approximate surface area is 120 Å². The van der Waals surface area contributed by atoms with Crippen LogP contribution in [0.15, 0.2) is 42.0 Å². The van der Waals surface area contributed by atoms with E-state index in [1.807, 2.05) is 31.2 Å². The van der Waals surface area contributed by atoms with Crippen LogP contribution < -0.4 is 11.1 Å². The fourth-order valence-corrected chi connectivity index (χ4v) is 2.46. The first kappa shape index (κ1) is 12.6. The van der Waals surface area contributed by atoms with E-state index in [9.17, 15) is 0 Å². The van der Waals surface area contributed by atoms with Crippen LogP contribution in [0.4, 0.5) is 17.3 Å². The number of hydrogen-bond donors (Lipinski definition) is 2. The molecule has 0 saturated heterocycles. The van der Waals surface area contributed by atoms with Gasteiger partial charge in [-0.2, -0.15) is 0 Å². The van der Waals surface area contributed by atoms with Gasteiger partial charge in [0.25, 0.3) is 0 Å². The third kappa shape index (κ3) is 2.75. The predicted molar refractivity (Wildman–Crippen MR) is 82.0 cm³/mol. The topological polar surface area (TPSA) is 76.7 Å². The van der Waals surface area contributed by atoms with Gasteiger partial charge in [-0.1, -0.05) is 12.1 Å². The van der Waals surface area contributed by atoms with Crippen LogP contribution in [-0.2, 0) is 0 Å². The van der Waals surface area contributed by atoms with Crippen molar-refractivity contribution in [2.45, 2.75) is 6.92 Å². The molecule has 2 heterocycles. The maximum atomic E-state index is 5.64. The first-order valence-corrected chi connectivity index (χ1v) is 6.96. The number of benzene rings is 1. The molecule has 0 fully saturated rings. The SMILES string of the molecule is Cc1nc(-c2cccc(Nc3cc(N)ncn3)c2)cs1. The van der Waals surface area contributed by atoms with Crippen LogP contribution in [0.1, 0.15) is 5.01 Å². The van der Waals surface area contributed by atoms with Crippen molar-refractivity contribution in [2.75, 3.05) is 11.1 Å². The number of nitrogens with two attached hydrogens (primary N) is 1. The lowest BCUT2D eigenvalue weighted by atomic mass is 10.1. The average molecular weight is 283 g/mol. The number of nitrogen functional groups attached to an aromatic ring is 1. The Bertz CT molecular complexity index is 738. The van der Waals surface area contributed by atoms with Gasteiger partial charge < -0.3 is 11.1 Å². The van der Waals surface area contributed by atoms with Crippen LogP contribution >= 0.6 is 11.3 Å². The minimum atomic E-state index is 0.439. The summed E-state index contributed by atoms with van der Waals surface area (Å²) in [6, 6.07) is 9.72. The number of nitrogens with one attached hydrogen (secondary N) is 1. The standard InChI is InChI=1S/C14H13N5S/c1-9-18-12(7-20-9)10-3-2-4-11(5-10)19-14-6-13(15)16-8-17-14/h2-8H,1H3,(H3,15,16,17,19). The lowest BCUT2D eigenvalue weighted by Gasteiger charge is -2.07. The minimum absolute atomic E-state index is 0.439. The van der Waals surface area contributed by atoms with Gasteiger partial charge >= 0.3 is 0 Å². The predicted octanol–water partition coefficient (Wildman–Crippen LogP) is 3.23. The summed E-state index contributed by atoms with van der Waals surface area (Å²) >= 11 is 1.64. The van der Waals surface area contributed by atoms with Crippen molar-refractivity contribution in [3.05, 3.63) is 47.0 Å². The average Bonchev–Trinajstić information content (AvgIpc) is 2.86. The zero-order valence-electron chi connectivity index (χ0n) is 10.9. The molecule has 0 unspecified atom stereocenters. The largest absolute Gasteiger partial charge is 0.384 e. The molecular weight excluding hydrogens is 270 g/mol. The van der Waals surface area contributed by atoms with Gasteiger partial charge in [-0.05, 0) is 19.1 Å². The molecule has 0 atom stereocenters. The molecule has 0 spiro atoms. The number of anilines is 3. The van der Waals surface area contributed by atoms with Crippen LogP contribution in [0, 0.1) is 6.92 Å². The molecule has 3 N–H and O–H groups in total. The van der Waals surface area contributed by atoms with Crippen molar-refractivity contribution in [3.63, 3.8) is 0 Å². The van der Waals surface area contributed by atoms with Gasteiger partial charge in [0.05, 0.1) is 10.7 Å². The Balaban J connectivity index is 1.88. The number of thiazole rings is 1. The number of aromatic nitrogens is 3. The maximum absolute atomic E-state index is 5.64. The van der Waals surface area contributed by atoms with E-state index < -0.39 is 0 Å². The van der Waals surface area contributed by atoms with Crippen molar-refractivity contribution in [2.24, 2.45) is 0 Å². The van der Waals surface area contributed by atoms with Crippen LogP contribution in [0.25, 0.3) is 11.3 Å². The molecule has 5 nitrogen and oxygen atoms in total. The van der Waals surface area contributed by atoms with Gasteiger partial charge in [0.1, 0.15) is 18.0 Å². The third-order valence-corrected chi connectivity index (χ3v) is 3.51. The van der Waals surface area contributed by atoms with Gasteiger partial charge in [-0.25, -0.2) is 15.0 Å². The molecule has 6 heteroatoms. The van der Waals surface area contributed by atoms with E-state index in [-0.39, 0.29) is 0 Å². The van der Waals surface area contributed by atoms with Crippen LogP contribution in [-0.4, -0.2) is 15.0 Å². The fourth-order valence-electron chi connectivity index (χ4n) is 1.84. The fraction of sp³-hybridized carbons (Fsp3) is 0.0714. The summed E-state index contributed by atoms with van der Waals surface area (Å²) < 4.78 is 0. The summed E-state index contributed by atoms with van der Waals surface area (Å²) in [6.45, 7) is 2.00. The quantitative estimate of drug-likeness (QED) is 0.771. The Morgan fingerprint density at radius 1 is 1.20 bits per heavy atom. The maximum Gasteiger partial charge on any atom is 0.135 e. The molecule has 0 aliphatic heterocycles. The van der Waals surface area contributed by atoms with Crippen molar-refractivity contribution in [3.8, 4) is 11.3 Å². The summed E-state index contributed by atoms with van der Waals surface area (Å²) in [6.07, 6.45) is 1.44. The first-order valence-electron chi connectivity index (χ1n) is 6.08. The summed E-state index contributed by atoms with van der Waals surface area (Å²) in [5.41, 5.74) is 8.63. The molecule has 20 heavy (non-hydrogen) atoms. The van der Waals surface area contributed by atoms with Crippen molar-refractivity contribution < 1.29 is 0 Å². The molecule has 0 aliphatic carbocycles. The van der Waals surface area contributed by atoms with Crippen molar-refractivity contribution >= 4 is 28.7 Å². The number of rotatable bonds is 3. The molecule has 0 bridgehead atoms. The number of nitrogens with zero attached hydrogens (tertiary/aromatic N) is 3. The Morgan fingerprint density at radius 3 is 2.85 bits per heavy atom. The van der Waals surface area contributed by atoms with Crippen LogP contribution in [0.2, 0.25) is 0 Å². The van der Waals surface area contributed by atoms with E-state index in [1.165, 1.54) is 6.33 Å². The highest BCUT2D eigenvalue weighted by molar-refractivity contribution is 7.09. The first-order chi connectivity index (χ1) is 9.70. The molecule has 3 aromatic rings. The highest BCUT2D eigenvalue weighted by Crippen LogP contribution is 2.25. The second-order valence-corrected chi connectivity index (χ2v) is 5.35. The second kappa shape index (κ2) is 5.26. The second-order valence-electron chi connectivity index (χ2n) is 4.29. The number of hydrogen-bond acceptors (Lipinski definition) is 6.